The smallest absolute Gasteiger partial charge is 0.461 e. The zero-order chi connectivity index (χ0) is 34.9. The highest BCUT2D eigenvalue weighted by Gasteiger charge is 2.68. The van der Waals surface area contributed by atoms with Crippen molar-refractivity contribution in [3.8, 4) is 0 Å². The summed E-state index contributed by atoms with van der Waals surface area (Å²) in [7, 11) is 0. The lowest BCUT2D eigenvalue weighted by Crippen LogP contribution is -2.65. The first-order valence-corrected chi connectivity index (χ1v) is 18.7. The minimum Gasteiger partial charge on any atom is -0.461 e. The number of ether oxygens (including phenoxy) is 4. The van der Waals surface area contributed by atoms with Crippen LogP contribution in [0.15, 0.2) is 60.7 Å². The van der Waals surface area contributed by atoms with Gasteiger partial charge in [0.15, 0.2) is 5.79 Å². The van der Waals surface area contributed by atoms with Gasteiger partial charge in [0.25, 0.3) is 0 Å². The van der Waals surface area contributed by atoms with Crippen LogP contribution in [0.3, 0.4) is 0 Å². The molecule has 2 N–H and O–H groups in total. The third-order valence-electron chi connectivity index (χ3n) is 13.3. The fourth-order valence-corrected chi connectivity index (χ4v) is 10.9. The van der Waals surface area contributed by atoms with E-state index in [0.717, 1.165) is 43.2 Å². The fourth-order valence-electron chi connectivity index (χ4n) is 10.8. The molecule has 10 atom stereocenters. The van der Waals surface area contributed by atoms with Crippen molar-refractivity contribution in [2.75, 3.05) is 6.07 Å². The molecule has 0 radical (unpaired) electrons. The van der Waals surface area contributed by atoms with Gasteiger partial charge in [0.05, 0.1) is 0 Å². The number of fused-ring (bicyclic) bond motifs is 5. The van der Waals surface area contributed by atoms with Crippen molar-refractivity contribution in [3.63, 3.8) is 0 Å². The number of rotatable bonds is 11. The lowest BCUT2D eigenvalue weighted by molar-refractivity contribution is -0.332. The van der Waals surface area contributed by atoms with Gasteiger partial charge in [0.2, 0.25) is 5.79 Å². The van der Waals surface area contributed by atoms with Crippen LogP contribution in [-0.2, 0) is 37.0 Å². The second-order valence-electron chi connectivity index (χ2n) is 15.9. The van der Waals surface area contributed by atoms with Crippen molar-refractivity contribution in [2.24, 2.45) is 46.3 Å². The summed E-state index contributed by atoms with van der Waals surface area (Å²) in [6, 6.07) is 19.0. The minimum absolute atomic E-state index is 0.0115. The van der Waals surface area contributed by atoms with E-state index in [-0.39, 0.29) is 59.6 Å². The maximum atomic E-state index is 12.7. The van der Waals surface area contributed by atoms with Gasteiger partial charge in [-0.1, -0.05) is 93.0 Å². The number of esters is 1. The van der Waals surface area contributed by atoms with Crippen LogP contribution in [0.5, 0.6) is 0 Å². The molecule has 1 unspecified atom stereocenters. The van der Waals surface area contributed by atoms with Gasteiger partial charge in [-0.25, -0.2) is 4.79 Å². The summed E-state index contributed by atoms with van der Waals surface area (Å²) in [5.74, 6) is -2.44. The summed E-state index contributed by atoms with van der Waals surface area (Å²) in [6.07, 6.45) is 5.71. The Bertz CT molecular complexity index is 1440. The molecule has 0 heterocycles. The Balaban J connectivity index is 1.11. The van der Waals surface area contributed by atoms with E-state index >= 15 is 0 Å². The summed E-state index contributed by atoms with van der Waals surface area (Å²) in [4.78, 5) is 25.4. The molecule has 49 heavy (non-hydrogen) atoms. The third kappa shape index (κ3) is 7.40. The lowest BCUT2D eigenvalue weighted by atomic mass is 9.42. The van der Waals surface area contributed by atoms with Gasteiger partial charge in [-0.3, -0.25) is 4.79 Å². The predicted octanol–water partition coefficient (Wildman–Crippen LogP) is 8.36. The van der Waals surface area contributed by atoms with Crippen LogP contribution in [0.25, 0.3) is 0 Å². The highest BCUT2D eigenvalue weighted by Crippen LogP contribution is 2.71. The Kier molecular flexibility index (Phi) is 10.7. The summed E-state index contributed by atoms with van der Waals surface area (Å²) in [6.45, 7) is 7.30. The molecule has 0 aliphatic heterocycles. The van der Waals surface area contributed by atoms with Crippen molar-refractivity contribution in [1.29, 1.82) is 0 Å². The number of carbonyl (C=O) groups excluding carboxylic acids is 2. The molecule has 2 aromatic rings. The van der Waals surface area contributed by atoms with Crippen molar-refractivity contribution < 1.29 is 38.7 Å². The maximum absolute atomic E-state index is 12.7. The number of benzene rings is 2. The molecule has 6 rings (SSSR count). The van der Waals surface area contributed by atoms with Gasteiger partial charge in [-0.05, 0) is 90.1 Å². The van der Waals surface area contributed by atoms with E-state index in [0.29, 0.717) is 44.1 Å². The van der Waals surface area contributed by atoms with Crippen LogP contribution in [0.2, 0.25) is 0 Å². The lowest BCUT2D eigenvalue weighted by Gasteiger charge is -2.65. The zero-order valence-corrected chi connectivity index (χ0v) is 29.9. The molecule has 8 nitrogen and oxygen atoms in total. The Morgan fingerprint density at radius 3 is 2.12 bits per heavy atom. The summed E-state index contributed by atoms with van der Waals surface area (Å²) < 4.78 is 22.6. The number of alkyl halides is 1. The van der Waals surface area contributed by atoms with Crippen LogP contribution < -0.4 is 0 Å². The standard InChI is InChI=1S/C40H53ClO8/c1-27(14-17-34(42)46-24-28-10-6-4-7-11-28)31-15-16-32-35-33(18-19-38(31,32)3)37(2)20-21-39(44,22-30(37)23-40(35,45)48-26-41)49-36(43)47-25-29-12-8-5-9-13-29/h4-13,27,30-33,35,44-45H,14-26H2,1-3H3/t27-,30?,31-,32+,33+,35+,37+,38-,39-,40-/m1/s1. The van der Waals surface area contributed by atoms with Crippen LogP contribution in [0.4, 0.5) is 4.79 Å². The van der Waals surface area contributed by atoms with Crippen molar-refractivity contribution in [2.45, 2.75) is 110 Å². The molecule has 0 saturated heterocycles. The van der Waals surface area contributed by atoms with Gasteiger partial charge < -0.3 is 29.2 Å². The first-order valence-electron chi connectivity index (χ1n) is 18.1. The van der Waals surface area contributed by atoms with Crippen molar-refractivity contribution >= 4 is 23.7 Å². The number of aliphatic hydroxyl groups is 2. The molecular formula is C40H53ClO8. The molecule has 4 fully saturated rings. The monoisotopic (exact) mass is 696 g/mol. The molecule has 0 spiro atoms. The van der Waals surface area contributed by atoms with Gasteiger partial charge >= 0.3 is 12.1 Å². The summed E-state index contributed by atoms with van der Waals surface area (Å²) >= 11 is 6.21. The summed E-state index contributed by atoms with van der Waals surface area (Å²) in [5.41, 5.74) is 1.63. The first kappa shape index (κ1) is 36.2. The normalized spacial score (nSPS) is 37.2. The Morgan fingerprint density at radius 2 is 1.47 bits per heavy atom. The molecule has 4 aliphatic rings. The van der Waals surface area contributed by atoms with E-state index < -0.39 is 17.7 Å². The average molecular weight is 697 g/mol. The summed E-state index contributed by atoms with van der Waals surface area (Å²) in [5, 5.41) is 24.0. The molecule has 4 aliphatic carbocycles. The molecule has 0 amide bonds. The SMILES string of the molecule is C[C@H](CCC(=O)OCc1ccccc1)[C@H]1CC[C@H]2[C@H]3[C@H](CC[C@]12C)[C@@]1(C)CC[C@@](O)(OC(=O)OCc2ccccc2)CC1C[C@@]3(O)OCCl. The maximum Gasteiger partial charge on any atom is 0.511 e. The molecule has 0 aromatic heterocycles. The zero-order valence-electron chi connectivity index (χ0n) is 29.2. The predicted molar refractivity (Wildman–Crippen MR) is 185 cm³/mol. The number of carbonyl (C=O) groups is 2. The third-order valence-corrected chi connectivity index (χ3v) is 13.4. The van der Waals surface area contributed by atoms with Gasteiger partial charge in [-0.15, -0.1) is 0 Å². The van der Waals surface area contributed by atoms with E-state index in [1.165, 1.54) is 0 Å². The number of halogens is 1. The van der Waals surface area contributed by atoms with Gasteiger partial charge in [0, 0.05) is 31.6 Å². The topological polar surface area (TPSA) is 112 Å². The van der Waals surface area contributed by atoms with E-state index in [2.05, 4.69) is 20.8 Å². The molecule has 0 bridgehead atoms. The highest BCUT2D eigenvalue weighted by atomic mass is 35.5. The van der Waals surface area contributed by atoms with E-state index in [4.69, 9.17) is 30.5 Å². The molecular weight excluding hydrogens is 644 g/mol. The minimum atomic E-state index is -1.69. The second kappa shape index (κ2) is 14.5. The van der Waals surface area contributed by atoms with Crippen LogP contribution in [-0.4, -0.2) is 40.0 Å². The van der Waals surface area contributed by atoms with E-state index in [1.54, 1.807) is 0 Å². The molecule has 268 valence electrons. The van der Waals surface area contributed by atoms with E-state index in [9.17, 15) is 19.8 Å². The largest absolute Gasteiger partial charge is 0.511 e. The van der Waals surface area contributed by atoms with Crippen LogP contribution >= 0.6 is 11.6 Å². The molecule has 2 aromatic carbocycles. The molecule has 9 heteroatoms. The van der Waals surface area contributed by atoms with E-state index in [1.807, 2.05) is 60.7 Å². The first-order chi connectivity index (χ1) is 23.4. The van der Waals surface area contributed by atoms with Crippen LogP contribution in [0.1, 0.15) is 96.1 Å². The quantitative estimate of drug-likeness (QED) is 0.137. The van der Waals surface area contributed by atoms with Crippen molar-refractivity contribution in [3.05, 3.63) is 71.8 Å². The molecule has 4 saturated carbocycles. The second-order valence-corrected chi connectivity index (χ2v) is 16.1. The fraction of sp³-hybridized carbons (Fsp3) is 0.650. The number of hydrogen-bond donors (Lipinski definition) is 2. The Labute approximate surface area is 295 Å². The average Bonchev–Trinajstić information content (AvgIpc) is 3.44. The van der Waals surface area contributed by atoms with Gasteiger partial charge in [-0.2, -0.15) is 0 Å². The Hall–Kier alpha value is -2.65. The van der Waals surface area contributed by atoms with Crippen LogP contribution in [0, 0.1) is 46.3 Å². The number of hydrogen-bond acceptors (Lipinski definition) is 8. The van der Waals surface area contributed by atoms with Crippen molar-refractivity contribution in [1.82, 2.24) is 0 Å². The Morgan fingerprint density at radius 1 is 0.837 bits per heavy atom. The van der Waals surface area contributed by atoms with Gasteiger partial charge in [0.1, 0.15) is 19.3 Å². The highest BCUT2D eigenvalue weighted by molar-refractivity contribution is 6.17.